The Morgan fingerprint density at radius 1 is 0.500 bits per heavy atom. The quantitative estimate of drug-likeness (QED) is 0.151. The average molecular weight is 907 g/mol. The van der Waals surface area contributed by atoms with Crippen LogP contribution >= 0.6 is 0 Å². The number of amides is 2. The fraction of sp³-hybridized carbons (Fsp3) is 0.346. The molecule has 0 unspecified atom stereocenters. The Labute approximate surface area is 394 Å². The number of carbonyl (C=O) groups is 2. The van der Waals surface area contributed by atoms with Gasteiger partial charge in [-0.1, -0.05) is 53.7 Å². The summed E-state index contributed by atoms with van der Waals surface area (Å²) < 4.78 is 1.74. The van der Waals surface area contributed by atoms with Gasteiger partial charge in [-0.05, 0) is 111 Å². The summed E-state index contributed by atoms with van der Waals surface area (Å²) in [5, 5.41) is 16.4. The van der Waals surface area contributed by atoms with Crippen LogP contribution in [0.4, 0.5) is 11.6 Å². The molecular formula is C52H54N14O2. The van der Waals surface area contributed by atoms with E-state index in [1.165, 1.54) is 0 Å². The maximum atomic E-state index is 13.7. The topological polar surface area (TPSA) is 160 Å². The second kappa shape index (κ2) is 18.6. The molecule has 4 aromatic carbocycles. The molecule has 4 fully saturated rings. The molecular weight excluding hydrogens is 853 g/mol. The molecule has 4 saturated heterocycles. The largest absolute Gasteiger partial charge is 0.355 e. The fourth-order valence-corrected chi connectivity index (χ4v) is 10.8. The molecule has 2 spiro atoms. The van der Waals surface area contributed by atoms with E-state index in [0.717, 1.165) is 147 Å². The molecule has 4 aliphatic rings. The summed E-state index contributed by atoms with van der Waals surface area (Å²) in [6.07, 6.45) is 18.0. The van der Waals surface area contributed by atoms with Crippen LogP contribution in [-0.4, -0.2) is 111 Å². The van der Waals surface area contributed by atoms with Gasteiger partial charge in [-0.15, -0.1) is 5.10 Å². The van der Waals surface area contributed by atoms with Crippen molar-refractivity contribution in [3.05, 3.63) is 145 Å². The van der Waals surface area contributed by atoms with Crippen molar-refractivity contribution >= 4 is 45.5 Å². The lowest BCUT2D eigenvalue weighted by atomic mass is 9.71. The van der Waals surface area contributed by atoms with Crippen molar-refractivity contribution in [3.8, 4) is 11.4 Å². The van der Waals surface area contributed by atoms with Crippen LogP contribution in [0, 0.1) is 10.8 Å². The third-order valence-corrected chi connectivity index (χ3v) is 14.5. The highest BCUT2D eigenvalue weighted by molar-refractivity contribution is 5.85. The first-order valence-electron chi connectivity index (χ1n) is 23.8. The molecule has 0 bridgehead atoms. The van der Waals surface area contributed by atoms with Crippen LogP contribution in [0.1, 0.15) is 62.5 Å². The van der Waals surface area contributed by atoms with E-state index in [9.17, 15) is 9.59 Å². The molecule has 2 amide bonds. The lowest BCUT2D eigenvalue weighted by molar-refractivity contribution is -0.149. The number of anilines is 2. The number of piperidine rings is 4. The monoisotopic (exact) mass is 906 g/mol. The number of likely N-dealkylation sites (tertiary alicyclic amines) is 2. The molecule has 16 heteroatoms. The number of carbonyl (C=O) groups excluding carboxylic acids is 2. The van der Waals surface area contributed by atoms with Gasteiger partial charge in [-0.25, -0.2) is 14.6 Å². The highest BCUT2D eigenvalue weighted by Crippen LogP contribution is 2.43. The van der Waals surface area contributed by atoms with E-state index in [0.29, 0.717) is 24.9 Å². The molecule has 0 radical (unpaired) electrons. The van der Waals surface area contributed by atoms with Gasteiger partial charge in [-0.3, -0.25) is 19.6 Å². The number of hydrogen-bond acceptors (Lipinski definition) is 12. The highest BCUT2D eigenvalue weighted by atomic mass is 16.2. The number of fused-ring (bicyclic) bond motifs is 2. The minimum Gasteiger partial charge on any atom is -0.355 e. The third kappa shape index (κ3) is 8.73. The smallest absolute Gasteiger partial charge is 0.229 e. The van der Waals surface area contributed by atoms with Crippen molar-refractivity contribution in [1.82, 2.24) is 59.7 Å². The van der Waals surface area contributed by atoms with E-state index in [2.05, 4.69) is 69.4 Å². The first kappa shape index (κ1) is 43.0. The lowest BCUT2D eigenvalue weighted by Gasteiger charge is -2.46. The van der Waals surface area contributed by atoms with Crippen LogP contribution in [0.15, 0.2) is 134 Å². The van der Waals surface area contributed by atoms with E-state index < -0.39 is 0 Å². The van der Waals surface area contributed by atoms with Crippen LogP contribution in [-0.2, 0) is 22.7 Å². The zero-order chi connectivity index (χ0) is 45.9. The minimum absolute atomic E-state index is 0.261. The van der Waals surface area contributed by atoms with Crippen LogP contribution in [0.2, 0.25) is 0 Å². The second-order valence-electron chi connectivity index (χ2n) is 18.6. The summed E-state index contributed by atoms with van der Waals surface area (Å²) in [4.78, 5) is 56.4. The third-order valence-electron chi connectivity index (χ3n) is 14.5. The second-order valence-corrected chi connectivity index (χ2v) is 18.6. The maximum Gasteiger partial charge on any atom is 0.229 e. The standard InChI is InChI=1S/2C26H27N7O/c34-25-26(10-15-31(16-11-26)24-18-27-22-7-1-2-8-23(22)30-24)9-4-14-32(25)19-20-5-3-6-21(17-20)33-28-12-13-29-33;34-25-26(10-14-31(15-11-26)24-18-27-22-7-1-2-8-23(22)29-24)9-4-13-32(25)19-20-5-3-6-21(17-20)33-16-12-28-30-33/h1-3,5-8,12-13,17-18H,4,9-11,14-16,19H2;1-3,5-8,12,16-18H,4,9-11,13-15,19H2. The molecule has 68 heavy (non-hydrogen) atoms. The molecule has 12 rings (SSSR count). The first-order valence-corrected chi connectivity index (χ1v) is 23.8. The Kier molecular flexibility index (Phi) is 11.7. The van der Waals surface area contributed by atoms with Crippen LogP contribution < -0.4 is 9.80 Å². The normalized spacial score (nSPS) is 18.1. The molecule has 0 atom stereocenters. The molecule has 8 heterocycles. The van der Waals surface area contributed by atoms with Crippen molar-refractivity contribution in [2.45, 2.75) is 64.5 Å². The fourth-order valence-electron chi connectivity index (χ4n) is 10.8. The molecule has 0 saturated carbocycles. The summed E-state index contributed by atoms with van der Waals surface area (Å²) in [6, 6.07) is 32.2. The van der Waals surface area contributed by atoms with E-state index in [-0.39, 0.29) is 10.8 Å². The van der Waals surface area contributed by atoms with Crippen LogP contribution in [0.25, 0.3) is 33.4 Å². The van der Waals surface area contributed by atoms with Gasteiger partial charge in [0.1, 0.15) is 11.6 Å². The van der Waals surface area contributed by atoms with Gasteiger partial charge < -0.3 is 19.6 Å². The van der Waals surface area contributed by atoms with E-state index >= 15 is 0 Å². The van der Waals surface area contributed by atoms with E-state index in [1.807, 2.05) is 96.3 Å². The summed E-state index contributed by atoms with van der Waals surface area (Å²) in [7, 11) is 0. The maximum absolute atomic E-state index is 13.7. The van der Waals surface area contributed by atoms with Crippen molar-refractivity contribution < 1.29 is 9.59 Å². The molecule has 344 valence electrons. The summed E-state index contributed by atoms with van der Waals surface area (Å²) >= 11 is 0. The number of benzene rings is 4. The predicted octanol–water partition coefficient (Wildman–Crippen LogP) is 7.24. The van der Waals surface area contributed by atoms with Gasteiger partial charge in [0, 0.05) is 52.4 Å². The predicted molar refractivity (Wildman–Crippen MR) is 259 cm³/mol. The van der Waals surface area contributed by atoms with Gasteiger partial charge in [0.05, 0.1) is 81.5 Å². The molecule has 0 aliphatic carbocycles. The average Bonchev–Trinajstić information content (AvgIpc) is 4.15. The Bertz CT molecular complexity index is 2830. The SMILES string of the molecule is O=C1N(Cc2cccc(-n3ccnn3)c2)CCCC12CCN(c1cnc3ccccc3n1)CC2.O=C1N(Cc2cccc(-n3nccn3)c2)CCCC12CCN(c1cnc3ccccc3n1)CC2. The van der Waals surface area contributed by atoms with Gasteiger partial charge in [0.25, 0.3) is 0 Å². The molecule has 4 aromatic heterocycles. The first-order chi connectivity index (χ1) is 33.4. The zero-order valence-electron chi connectivity index (χ0n) is 38.1. The summed E-state index contributed by atoms with van der Waals surface area (Å²) in [5.41, 5.74) is 7.19. The van der Waals surface area contributed by atoms with Crippen molar-refractivity contribution in [2.24, 2.45) is 10.8 Å². The molecule has 4 aliphatic heterocycles. The molecule has 16 nitrogen and oxygen atoms in total. The number of hydrogen-bond donors (Lipinski definition) is 0. The highest BCUT2D eigenvalue weighted by Gasteiger charge is 2.47. The van der Waals surface area contributed by atoms with Gasteiger partial charge >= 0.3 is 0 Å². The Hall–Kier alpha value is -7.62. The number of para-hydroxylation sites is 4. The Morgan fingerprint density at radius 3 is 1.49 bits per heavy atom. The zero-order valence-corrected chi connectivity index (χ0v) is 38.1. The minimum atomic E-state index is -0.264. The van der Waals surface area contributed by atoms with Crippen molar-refractivity contribution in [1.29, 1.82) is 0 Å². The van der Waals surface area contributed by atoms with Crippen molar-refractivity contribution in [3.63, 3.8) is 0 Å². The van der Waals surface area contributed by atoms with E-state index in [4.69, 9.17) is 9.97 Å². The van der Waals surface area contributed by atoms with Crippen LogP contribution in [0.3, 0.4) is 0 Å². The van der Waals surface area contributed by atoms with Crippen molar-refractivity contribution in [2.75, 3.05) is 49.1 Å². The molecule has 8 aromatic rings. The number of nitrogens with zero attached hydrogens (tertiary/aromatic N) is 14. The van der Waals surface area contributed by atoms with Gasteiger partial charge in [-0.2, -0.15) is 15.0 Å². The number of aromatic nitrogens is 10. The number of rotatable bonds is 8. The summed E-state index contributed by atoms with van der Waals surface area (Å²) in [5.74, 6) is 2.40. The lowest BCUT2D eigenvalue weighted by Crippen LogP contribution is -2.53. The molecule has 0 N–H and O–H groups in total. The van der Waals surface area contributed by atoms with Gasteiger partial charge in [0.2, 0.25) is 11.8 Å². The Morgan fingerprint density at radius 2 is 0.985 bits per heavy atom. The Balaban J connectivity index is 0.000000149. The van der Waals surface area contributed by atoms with Crippen LogP contribution in [0.5, 0.6) is 0 Å². The van der Waals surface area contributed by atoms with E-state index in [1.54, 1.807) is 28.1 Å². The van der Waals surface area contributed by atoms with Gasteiger partial charge in [0.15, 0.2) is 0 Å². The summed E-state index contributed by atoms with van der Waals surface area (Å²) in [6.45, 7) is 6.18.